The Hall–Kier alpha value is -3.48. The molecular weight excluding hydrogens is 490 g/mol. The molecule has 1 unspecified atom stereocenters. The molecule has 3 aliphatic rings. The molecule has 5 rings (SSSR count). The first-order valence-corrected chi connectivity index (χ1v) is 12.3. The third-order valence-corrected chi connectivity index (χ3v) is 6.97. The van der Waals surface area contributed by atoms with E-state index in [0.717, 1.165) is 48.4 Å². The number of thiazole rings is 1. The summed E-state index contributed by atoms with van der Waals surface area (Å²) < 4.78 is 11.3. The van der Waals surface area contributed by atoms with E-state index >= 15 is 0 Å². The number of carboxylic acid groups (broad SMARTS) is 1. The standard InChI is InChI=1S/C23H23N3O6S.CH2O2/c27-15-4-5-17(18(28)10-15)26-22(29)16-2-1-3-19(21(16)23(26)30)32-12-20-24-14(13-33-20)11-25-6-8-31-9-7-25;2-1-3/h1-3,13,17H,4-12H2;1H,(H,2,3). The van der Waals surface area contributed by atoms with Crippen molar-refractivity contribution in [1.29, 1.82) is 0 Å². The number of morpholine rings is 1. The van der Waals surface area contributed by atoms with Crippen LogP contribution in [0, 0.1) is 0 Å². The van der Waals surface area contributed by atoms with Crippen molar-refractivity contribution in [2.24, 2.45) is 0 Å². The van der Waals surface area contributed by atoms with E-state index in [1.165, 1.54) is 11.3 Å². The first-order valence-electron chi connectivity index (χ1n) is 11.4. The SMILES string of the molecule is O=C1CCC(N2C(=O)c3cccc(OCc4nc(CN5CCOCC5)cs4)c3C2=O)C(=O)C1.O=CO. The number of aromatic nitrogens is 1. The number of ketones is 2. The number of fused-ring (bicyclic) bond motifs is 1. The Balaban J connectivity index is 0.000000967. The van der Waals surface area contributed by atoms with Crippen molar-refractivity contribution in [2.45, 2.75) is 38.5 Å². The molecule has 1 aromatic heterocycles. The van der Waals surface area contributed by atoms with Crippen LogP contribution in [0.1, 0.15) is 50.7 Å². The van der Waals surface area contributed by atoms with Gasteiger partial charge in [0.05, 0.1) is 42.5 Å². The van der Waals surface area contributed by atoms with Crippen LogP contribution in [0.3, 0.4) is 0 Å². The Bertz CT molecular complexity index is 1170. The van der Waals surface area contributed by atoms with Crippen molar-refractivity contribution in [3.05, 3.63) is 45.4 Å². The molecule has 1 saturated heterocycles. The molecule has 11 nitrogen and oxygen atoms in total. The van der Waals surface area contributed by atoms with Gasteiger partial charge in [0.25, 0.3) is 18.3 Å². The molecule has 36 heavy (non-hydrogen) atoms. The second-order valence-corrected chi connectivity index (χ2v) is 9.35. The second-order valence-electron chi connectivity index (χ2n) is 8.41. The first kappa shape index (κ1) is 25.6. The highest BCUT2D eigenvalue weighted by atomic mass is 32.1. The minimum absolute atomic E-state index is 0.159. The van der Waals surface area contributed by atoms with Gasteiger partial charge in [-0.3, -0.25) is 33.8 Å². The van der Waals surface area contributed by atoms with Crippen LogP contribution in [0.15, 0.2) is 23.6 Å². The zero-order valence-electron chi connectivity index (χ0n) is 19.4. The van der Waals surface area contributed by atoms with Crippen molar-refractivity contribution in [1.82, 2.24) is 14.8 Å². The molecule has 1 aliphatic carbocycles. The van der Waals surface area contributed by atoms with Gasteiger partial charge in [-0.1, -0.05) is 6.07 Å². The summed E-state index contributed by atoms with van der Waals surface area (Å²) in [7, 11) is 0. The van der Waals surface area contributed by atoms with Crippen molar-refractivity contribution >= 4 is 41.2 Å². The molecule has 2 amide bonds. The lowest BCUT2D eigenvalue weighted by Crippen LogP contribution is -2.47. The fourth-order valence-electron chi connectivity index (χ4n) is 4.42. The Labute approximate surface area is 210 Å². The quantitative estimate of drug-likeness (QED) is 0.342. The lowest BCUT2D eigenvalue weighted by atomic mass is 9.92. The summed E-state index contributed by atoms with van der Waals surface area (Å²) >= 11 is 1.48. The number of hydrogen-bond acceptors (Lipinski definition) is 10. The van der Waals surface area contributed by atoms with Gasteiger partial charge in [0.1, 0.15) is 23.1 Å². The largest absolute Gasteiger partial charge is 0.486 e. The number of ether oxygens (including phenoxy) is 2. The van der Waals surface area contributed by atoms with Gasteiger partial charge in [0, 0.05) is 31.4 Å². The molecule has 1 N–H and O–H groups in total. The fourth-order valence-corrected chi connectivity index (χ4v) is 5.12. The number of benzene rings is 1. The molecule has 190 valence electrons. The van der Waals surface area contributed by atoms with Gasteiger partial charge in [0.15, 0.2) is 5.78 Å². The number of rotatable bonds is 6. The smallest absolute Gasteiger partial charge is 0.290 e. The van der Waals surface area contributed by atoms with E-state index in [9.17, 15) is 19.2 Å². The lowest BCUT2D eigenvalue weighted by molar-refractivity contribution is -0.132. The predicted octanol–water partition coefficient (Wildman–Crippen LogP) is 1.54. The summed E-state index contributed by atoms with van der Waals surface area (Å²) in [6.45, 7) is 3.88. The van der Waals surface area contributed by atoms with Gasteiger partial charge in [-0.05, 0) is 18.6 Å². The molecule has 0 bridgehead atoms. The third kappa shape index (κ3) is 5.50. The first-order chi connectivity index (χ1) is 17.4. The van der Waals surface area contributed by atoms with E-state index in [4.69, 9.17) is 19.4 Å². The number of carbonyl (C=O) groups excluding carboxylic acids is 4. The van der Waals surface area contributed by atoms with Gasteiger partial charge in [-0.25, -0.2) is 4.98 Å². The van der Waals surface area contributed by atoms with Crippen molar-refractivity contribution in [3.63, 3.8) is 0 Å². The number of hydrogen-bond donors (Lipinski definition) is 1. The Morgan fingerprint density at radius 2 is 1.92 bits per heavy atom. The monoisotopic (exact) mass is 515 g/mol. The summed E-state index contributed by atoms with van der Waals surface area (Å²) in [4.78, 5) is 66.3. The molecule has 1 atom stereocenters. The minimum Gasteiger partial charge on any atom is -0.486 e. The van der Waals surface area contributed by atoms with Gasteiger partial charge in [-0.15, -0.1) is 11.3 Å². The summed E-state index contributed by atoms with van der Waals surface area (Å²) in [5.41, 5.74) is 1.34. The molecule has 1 aromatic carbocycles. The maximum atomic E-state index is 13.2. The average Bonchev–Trinajstić information content (AvgIpc) is 3.41. The molecule has 12 heteroatoms. The lowest BCUT2D eigenvalue weighted by Gasteiger charge is -2.27. The molecular formula is C24H25N3O8S. The van der Waals surface area contributed by atoms with Crippen LogP contribution in [0.4, 0.5) is 0 Å². The van der Waals surface area contributed by atoms with Crippen molar-refractivity contribution in [3.8, 4) is 5.75 Å². The van der Waals surface area contributed by atoms with Crippen LogP contribution in [0.25, 0.3) is 0 Å². The topological polar surface area (TPSA) is 143 Å². The molecule has 3 heterocycles. The van der Waals surface area contributed by atoms with Crippen LogP contribution >= 0.6 is 11.3 Å². The van der Waals surface area contributed by atoms with Crippen LogP contribution in [0.2, 0.25) is 0 Å². The molecule has 2 aromatic rings. The van der Waals surface area contributed by atoms with E-state index in [1.807, 2.05) is 5.38 Å². The van der Waals surface area contributed by atoms with Crippen molar-refractivity contribution < 1.29 is 38.6 Å². The average molecular weight is 516 g/mol. The number of carbonyl (C=O) groups is 5. The fraction of sp³-hybridized carbons (Fsp3) is 0.417. The summed E-state index contributed by atoms with van der Waals surface area (Å²) in [6.07, 6.45) is 0.118. The molecule has 1 saturated carbocycles. The highest BCUT2D eigenvalue weighted by Crippen LogP contribution is 2.34. The van der Waals surface area contributed by atoms with Gasteiger partial charge >= 0.3 is 0 Å². The predicted molar refractivity (Wildman–Crippen MR) is 126 cm³/mol. The van der Waals surface area contributed by atoms with E-state index in [1.54, 1.807) is 18.2 Å². The number of nitrogens with zero attached hydrogens (tertiary/aromatic N) is 3. The molecule has 2 aliphatic heterocycles. The number of imide groups is 1. The Morgan fingerprint density at radius 3 is 2.64 bits per heavy atom. The number of amides is 2. The normalized spacial score (nSPS) is 20.1. The Morgan fingerprint density at radius 1 is 1.17 bits per heavy atom. The van der Waals surface area contributed by atoms with Crippen LogP contribution in [-0.4, -0.2) is 82.1 Å². The van der Waals surface area contributed by atoms with Crippen LogP contribution < -0.4 is 4.74 Å². The highest BCUT2D eigenvalue weighted by molar-refractivity contribution is 7.09. The Kier molecular flexibility index (Phi) is 8.18. The maximum Gasteiger partial charge on any atom is 0.290 e. The van der Waals surface area contributed by atoms with Crippen LogP contribution in [-0.2, 0) is 32.3 Å². The molecule has 2 fully saturated rings. The zero-order valence-corrected chi connectivity index (χ0v) is 20.2. The van der Waals surface area contributed by atoms with Gasteiger partial charge in [-0.2, -0.15) is 0 Å². The van der Waals surface area contributed by atoms with E-state index in [2.05, 4.69) is 9.88 Å². The van der Waals surface area contributed by atoms with Crippen molar-refractivity contribution in [2.75, 3.05) is 26.3 Å². The molecule has 0 radical (unpaired) electrons. The van der Waals surface area contributed by atoms with E-state index in [0.29, 0.717) is 0 Å². The van der Waals surface area contributed by atoms with Gasteiger partial charge in [0.2, 0.25) is 0 Å². The summed E-state index contributed by atoms with van der Waals surface area (Å²) in [5.74, 6) is -1.33. The zero-order chi connectivity index (χ0) is 25.7. The third-order valence-electron chi connectivity index (χ3n) is 6.10. The van der Waals surface area contributed by atoms with Crippen LogP contribution in [0.5, 0.6) is 5.75 Å². The summed E-state index contributed by atoms with van der Waals surface area (Å²) in [5, 5.41) is 9.65. The van der Waals surface area contributed by atoms with E-state index in [-0.39, 0.29) is 60.8 Å². The second kappa shape index (κ2) is 11.5. The molecule has 0 spiro atoms. The number of Topliss-reactive ketones (excluding diaryl/α,β-unsaturated/α-hetero) is 2. The summed E-state index contributed by atoms with van der Waals surface area (Å²) in [6, 6.07) is 3.96. The minimum atomic E-state index is -0.898. The van der Waals surface area contributed by atoms with E-state index < -0.39 is 17.9 Å². The maximum absolute atomic E-state index is 13.2. The van der Waals surface area contributed by atoms with Gasteiger partial charge < -0.3 is 14.6 Å². The highest BCUT2D eigenvalue weighted by Gasteiger charge is 2.45.